The van der Waals surface area contributed by atoms with E-state index in [0.29, 0.717) is 6.42 Å². The van der Waals surface area contributed by atoms with Crippen LogP contribution < -0.4 is 4.72 Å². The highest BCUT2D eigenvalue weighted by Crippen LogP contribution is 2.29. The van der Waals surface area contributed by atoms with Crippen LogP contribution in [0.1, 0.15) is 11.3 Å². The van der Waals surface area contributed by atoms with E-state index in [-0.39, 0.29) is 18.0 Å². The van der Waals surface area contributed by atoms with E-state index in [9.17, 15) is 8.42 Å². The molecule has 0 saturated heterocycles. The van der Waals surface area contributed by atoms with Gasteiger partial charge < -0.3 is 0 Å². The molecule has 0 atom stereocenters. The standard InChI is InChI=1S/C8H11BrN4O2S2/c1-6-7(5-8(9)16-6)17(14,15)12-4-2-3-11-13-10/h5,12H,2-4H2,1H3. The highest BCUT2D eigenvalue weighted by molar-refractivity contribution is 9.11. The highest BCUT2D eigenvalue weighted by Gasteiger charge is 2.18. The minimum absolute atomic E-state index is 0.258. The molecule has 1 heterocycles. The Balaban J connectivity index is 2.63. The van der Waals surface area contributed by atoms with Crippen LogP contribution in [0.25, 0.3) is 10.4 Å². The summed E-state index contributed by atoms with van der Waals surface area (Å²) in [6, 6.07) is 1.58. The van der Waals surface area contributed by atoms with Gasteiger partial charge in [-0.3, -0.25) is 0 Å². The van der Waals surface area contributed by atoms with Crippen molar-refractivity contribution in [2.24, 2.45) is 5.11 Å². The van der Waals surface area contributed by atoms with E-state index in [1.54, 1.807) is 13.0 Å². The fourth-order valence-corrected chi connectivity index (χ4v) is 4.66. The van der Waals surface area contributed by atoms with Crippen molar-refractivity contribution in [3.05, 3.63) is 25.2 Å². The smallest absolute Gasteiger partial charge is 0.211 e. The molecule has 1 rings (SSSR count). The summed E-state index contributed by atoms with van der Waals surface area (Å²) >= 11 is 4.62. The van der Waals surface area contributed by atoms with E-state index >= 15 is 0 Å². The van der Waals surface area contributed by atoms with Gasteiger partial charge in [0, 0.05) is 22.9 Å². The van der Waals surface area contributed by atoms with Gasteiger partial charge in [-0.25, -0.2) is 13.1 Å². The summed E-state index contributed by atoms with van der Waals surface area (Å²) in [7, 11) is -3.46. The van der Waals surface area contributed by atoms with Crippen LogP contribution in [-0.2, 0) is 10.0 Å². The molecule has 0 unspecified atom stereocenters. The lowest BCUT2D eigenvalue weighted by Gasteiger charge is -2.04. The molecule has 0 aliphatic carbocycles. The minimum Gasteiger partial charge on any atom is -0.211 e. The van der Waals surface area contributed by atoms with E-state index in [4.69, 9.17) is 5.53 Å². The first kappa shape index (κ1) is 14.5. The van der Waals surface area contributed by atoms with Crippen LogP contribution in [-0.4, -0.2) is 21.5 Å². The average Bonchev–Trinajstić information content (AvgIpc) is 2.58. The number of azide groups is 1. The number of aryl methyl sites for hydroxylation is 1. The van der Waals surface area contributed by atoms with Crippen molar-refractivity contribution >= 4 is 37.3 Å². The maximum absolute atomic E-state index is 11.9. The van der Waals surface area contributed by atoms with Crippen molar-refractivity contribution in [1.82, 2.24) is 4.72 Å². The van der Waals surface area contributed by atoms with Gasteiger partial charge in [0.05, 0.1) is 8.68 Å². The Hall–Kier alpha value is -0.600. The molecule has 6 nitrogen and oxygen atoms in total. The monoisotopic (exact) mass is 338 g/mol. The Morgan fingerprint density at radius 1 is 1.65 bits per heavy atom. The maximum atomic E-state index is 11.9. The molecule has 0 aliphatic rings. The van der Waals surface area contributed by atoms with Crippen molar-refractivity contribution in [2.75, 3.05) is 13.1 Å². The molecular formula is C8H11BrN4O2S2. The number of nitrogens with one attached hydrogen (secondary N) is 1. The normalized spacial score (nSPS) is 11.2. The molecule has 0 fully saturated rings. The van der Waals surface area contributed by atoms with Crippen molar-refractivity contribution in [3.63, 3.8) is 0 Å². The van der Waals surface area contributed by atoms with Crippen molar-refractivity contribution in [3.8, 4) is 0 Å². The summed E-state index contributed by atoms with van der Waals surface area (Å²) in [6.07, 6.45) is 0.480. The lowest BCUT2D eigenvalue weighted by molar-refractivity contribution is 0.579. The molecule has 1 aromatic rings. The molecule has 0 aliphatic heterocycles. The SMILES string of the molecule is Cc1sc(Br)cc1S(=O)(=O)NCCCN=[N+]=[N-]. The van der Waals surface area contributed by atoms with E-state index < -0.39 is 10.0 Å². The fraction of sp³-hybridized carbons (Fsp3) is 0.500. The van der Waals surface area contributed by atoms with Gasteiger partial charge >= 0.3 is 0 Å². The Labute approximate surface area is 112 Å². The zero-order valence-electron chi connectivity index (χ0n) is 9.05. The zero-order chi connectivity index (χ0) is 12.9. The van der Waals surface area contributed by atoms with Crippen molar-refractivity contribution in [1.29, 1.82) is 0 Å². The van der Waals surface area contributed by atoms with Crippen LogP contribution in [0.15, 0.2) is 19.9 Å². The second-order valence-corrected chi connectivity index (χ2v) is 7.55. The average molecular weight is 339 g/mol. The predicted octanol–water partition coefficient (Wildman–Crippen LogP) is 2.80. The topological polar surface area (TPSA) is 94.9 Å². The van der Waals surface area contributed by atoms with E-state index in [0.717, 1.165) is 8.66 Å². The molecular weight excluding hydrogens is 328 g/mol. The first-order valence-electron chi connectivity index (χ1n) is 4.74. The highest BCUT2D eigenvalue weighted by atomic mass is 79.9. The van der Waals surface area contributed by atoms with Crippen LogP contribution in [0.3, 0.4) is 0 Å². The summed E-state index contributed by atoms with van der Waals surface area (Å²) < 4.78 is 27.0. The van der Waals surface area contributed by atoms with Crippen LogP contribution in [0, 0.1) is 6.92 Å². The summed E-state index contributed by atoms with van der Waals surface area (Å²) in [5.41, 5.74) is 8.06. The maximum Gasteiger partial charge on any atom is 0.241 e. The predicted molar refractivity (Wildman–Crippen MR) is 70.6 cm³/mol. The van der Waals surface area contributed by atoms with Crippen molar-refractivity contribution in [2.45, 2.75) is 18.2 Å². The Bertz CT molecular complexity index is 534. The Kier molecular flexibility index (Phi) is 5.41. The Morgan fingerprint density at radius 3 is 2.88 bits per heavy atom. The van der Waals surface area contributed by atoms with Gasteiger partial charge in [0.2, 0.25) is 10.0 Å². The molecule has 1 N–H and O–H groups in total. The first-order chi connectivity index (χ1) is 7.97. The van der Waals surface area contributed by atoms with Gasteiger partial charge in [-0.05, 0) is 40.9 Å². The van der Waals surface area contributed by atoms with E-state index in [2.05, 4.69) is 30.7 Å². The number of nitrogens with zero attached hydrogens (tertiary/aromatic N) is 3. The third-order valence-electron chi connectivity index (χ3n) is 1.92. The molecule has 94 valence electrons. The quantitative estimate of drug-likeness (QED) is 0.373. The molecule has 9 heteroatoms. The summed E-state index contributed by atoms with van der Waals surface area (Å²) in [5.74, 6) is 0. The van der Waals surface area contributed by atoms with Crippen LogP contribution in [0.2, 0.25) is 0 Å². The molecule has 0 radical (unpaired) electrons. The number of sulfonamides is 1. The van der Waals surface area contributed by atoms with Crippen LogP contribution in [0.4, 0.5) is 0 Å². The number of hydrogen-bond donors (Lipinski definition) is 1. The molecule has 1 aromatic heterocycles. The minimum atomic E-state index is -3.46. The number of hydrogen-bond acceptors (Lipinski definition) is 4. The van der Waals surface area contributed by atoms with Crippen molar-refractivity contribution < 1.29 is 8.42 Å². The largest absolute Gasteiger partial charge is 0.241 e. The summed E-state index contributed by atoms with van der Waals surface area (Å²) in [5, 5.41) is 3.33. The number of thiophene rings is 1. The second kappa shape index (κ2) is 6.36. The molecule has 0 saturated carbocycles. The van der Waals surface area contributed by atoms with Crippen LogP contribution in [0.5, 0.6) is 0 Å². The molecule has 0 bridgehead atoms. The second-order valence-electron chi connectivity index (χ2n) is 3.18. The van der Waals surface area contributed by atoms with Gasteiger partial charge in [0.1, 0.15) is 0 Å². The van der Waals surface area contributed by atoms with Gasteiger partial charge in [0.15, 0.2) is 0 Å². The number of rotatable bonds is 6. The Morgan fingerprint density at radius 2 is 2.35 bits per heavy atom. The summed E-state index contributed by atoms with van der Waals surface area (Å²) in [6.45, 7) is 2.30. The van der Waals surface area contributed by atoms with E-state index in [1.165, 1.54) is 11.3 Å². The first-order valence-corrected chi connectivity index (χ1v) is 7.83. The molecule has 17 heavy (non-hydrogen) atoms. The molecule has 0 aromatic carbocycles. The van der Waals surface area contributed by atoms with Gasteiger partial charge in [0.25, 0.3) is 0 Å². The van der Waals surface area contributed by atoms with Gasteiger partial charge in [-0.15, -0.1) is 11.3 Å². The zero-order valence-corrected chi connectivity index (χ0v) is 12.3. The number of halogens is 1. The summed E-state index contributed by atoms with van der Waals surface area (Å²) in [4.78, 5) is 3.61. The van der Waals surface area contributed by atoms with Gasteiger partial charge in [-0.2, -0.15) is 0 Å². The molecule has 0 amide bonds. The third-order valence-corrected chi connectivity index (χ3v) is 5.19. The molecule has 0 spiro atoms. The fourth-order valence-electron chi connectivity index (χ4n) is 1.18. The third kappa shape index (κ3) is 4.29. The van der Waals surface area contributed by atoms with Gasteiger partial charge in [-0.1, -0.05) is 5.11 Å². The lowest BCUT2D eigenvalue weighted by atomic mass is 10.4. The van der Waals surface area contributed by atoms with E-state index in [1.807, 2.05) is 0 Å². The lowest BCUT2D eigenvalue weighted by Crippen LogP contribution is -2.25. The van der Waals surface area contributed by atoms with Crippen LogP contribution >= 0.6 is 27.3 Å².